The summed E-state index contributed by atoms with van der Waals surface area (Å²) in [5.74, 6) is -1.54. The van der Waals surface area contributed by atoms with Crippen molar-refractivity contribution in [2.45, 2.75) is 6.04 Å². The molecule has 1 aliphatic rings. The highest BCUT2D eigenvalue weighted by Crippen LogP contribution is 2.12. The first-order valence-corrected chi connectivity index (χ1v) is 5.98. The van der Waals surface area contributed by atoms with E-state index in [4.69, 9.17) is 9.84 Å². The van der Waals surface area contributed by atoms with Crippen LogP contribution in [-0.4, -0.2) is 57.7 Å². The SMILES string of the molecule is O=C(O)C1COCCN1C(=O)c1cnc(Br)cn1. The van der Waals surface area contributed by atoms with E-state index in [1.807, 2.05) is 0 Å². The molecule has 18 heavy (non-hydrogen) atoms. The highest BCUT2D eigenvalue weighted by atomic mass is 79.9. The Hall–Kier alpha value is -1.54. The Bertz CT molecular complexity index is 465. The van der Waals surface area contributed by atoms with Crippen LogP contribution in [0.1, 0.15) is 10.5 Å². The molecule has 0 spiro atoms. The zero-order chi connectivity index (χ0) is 13.1. The van der Waals surface area contributed by atoms with E-state index in [-0.39, 0.29) is 18.8 Å². The van der Waals surface area contributed by atoms with E-state index in [0.29, 0.717) is 11.2 Å². The van der Waals surface area contributed by atoms with E-state index in [1.54, 1.807) is 0 Å². The largest absolute Gasteiger partial charge is 0.480 e. The van der Waals surface area contributed by atoms with E-state index < -0.39 is 17.9 Å². The fraction of sp³-hybridized carbons (Fsp3) is 0.400. The van der Waals surface area contributed by atoms with Crippen molar-refractivity contribution < 1.29 is 19.4 Å². The van der Waals surface area contributed by atoms with Crippen molar-refractivity contribution in [3.63, 3.8) is 0 Å². The lowest BCUT2D eigenvalue weighted by molar-refractivity contribution is -0.147. The molecule has 1 atom stereocenters. The van der Waals surface area contributed by atoms with Crippen LogP contribution >= 0.6 is 15.9 Å². The maximum atomic E-state index is 12.1. The Labute approximate surface area is 111 Å². The van der Waals surface area contributed by atoms with Crippen LogP contribution in [0.15, 0.2) is 17.0 Å². The number of hydrogen-bond donors (Lipinski definition) is 1. The van der Waals surface area contributed by atoms with E-state index in [0.717, 1.165) is 0 Å². The first-order chi connectivity index (χ1) is 8.59. The predicted molar refractivity (Wildman–Crippen MR) is 63.0 cm³/mol. The number of nitrogens with zero attached hydrogens (tertiary/aromatic N) is 3. The molecule has 96 valence electrons. The van der Waals surface area contributed by atoms with Gasteiger partial charge in [-0.05, 0) is 15.9 Å². The van der Waals surface area contributed by atoms with Crippen LogP contribution in [0.25, 0.3) is 0 Å². The van der Waals surface area contributed by atoms with Gasteiger partial charge in [0.25, 0.3) is 5.91 Å². The Morgan fingerprint density at radius 2 is 2.22 bits per heavy atom. The number of ether oxygens (including phenoxy) is 1. The molecule has 1 saturated heterocycles. The summed E-state index contributed by atoms with van der Waals surface area (Å²) in [6.07, 6.45) is 2.70. The number of carbonyl (C=O) groups is 2. The molecule has 1 aliphatic heterocycles. The van der Waals surface area contributed by atoms with Gasteiger partial charge in [0, 0.05) is 6.54 Å². The van der Waals surface area contributed by atoms with Gasteiger partial charge in [0.1, 0.15) is 10.3 Å². The lowest BCUT2D eigenvalue weighted by atomic mass is 10.2. The van der Waals surface area contributed by atoms with Crippen LogP contribution in [-0.2, 0) is 9.53 Å². The molecule has 2 rings (SSSR count). The van der Waals surface area contributed by atoms with Crippen molar-refractivity contribution in [2.75, 3.05) is 19.8 Å². The van der Waals surface area contributed by atoms with E-state index in [1.165, 1.54) is 17.3 Å². The third-order valence-electron chi connectivity index (χ3n) is 2.51. The molecule has 0 radical (unpaired) electrons. The van der Waals surface area contributed by atoms with Crippen LogP contribution in [0, 0.1) is 0 Å². The molecule has 8 heteroatoms. The van der Waals surface area contributed by atoms with Crippen molar-refractivity contribution in [2.24, 2.45) is 0 Å². The van der Waals surface area contributed by atoms with Crippen molar-refractivity contribution in [1.82, 2.24) is 14.9 Å². The fourth-order valence-electron chi connectivity index (χ4n) is 1.62. The van der Waals surface area contributed by atoms with Crippen LogP contribution < -0.4 is 0 Å². The number of morpholine rings is 1. The number of amides is 1. The summed E-state index contributed by atoms with van der Waals surface area (Å²) in [7, 11) is 0. The average Bonchev–Trinajstić information content (AvgIpc) is 2.39. The van der Waals surface area contributed by atoms with Crippen molar-refractivity contribution in [3.05, 3.63) is 22.7 Å². The molecule has 1 amide bonds. The predicted octanol–water partition coefficient (Wildman–Crippen LogP) is 0.165. The lowest BCUT2D eigenvalue weighted by Crippen LogP contribution is -2.52. The average molecular weight is 316 g/mol. The number of carbonyl (C=O) groups excluding carboxylic acids is 1. The van der Waals surface area contributed by atoms with E-state index >= 15 is 0 Å². The maximum absolute atomic E-state index is 12.1. The van der Waals surface area contributed by atoms with Crippen LogP contribution in [0.4, 0.5) is 0 Å². The van der Waals surface area contributed by atoms with Gasteiger partial charge in [0.15, 0.2) is 6.04 Å². The molecular formula is C10H10BrN3O4. The molecule has 1 N–H and O–H groups in total. The fourth-order valence-corrected chi connectivity index (χ4v) is 1.83. The second-order valence-electron chi connectivity index (χ2n) is 3.65. The van der Waals surface area contributed by atoms with E-state index in [9.17, 15) is 9.59 Å². The number of hydrogen-bond acceptors (Lipinski definition) is 5. The van der Waals surface area contributed by atoms with Gasteiger partial charge in [-0.25, -0.2) is 14.8 Å². The minimum Gasteiger partial charge on any atom is -0.480 e. The zero-order valence-corrected chi connectivity index (χ0v) is 10.8. The third kappa shape index (κ3) is 2.65. The first-order valence-electron chi connectivity index (χ1n) is 5.18. The summed E-state index contributed by atoms with van der Waals surface area (Å²) in [4.78, 5) is 32.2. The van der Waals surface area contributed by atoms with Crippen LogP contribution in [0.2, 0.25) is 0 Å². The van der Waals surface area contributed by atoms with Crippen molar-refractivity contribution >= 4 is 27.8 Å². The summed E-state index contributed by atoms with van der Waals surface area (Å²) in [6.45, 7) is 0.540. The number of carboxylic acids is 1. The number of rotatable bonds is 2. The molecule has 0 aromatic carbocycles. The maximum Gasteiger partial charge on any atom is 0.328 e. The quantitative estimate of drug-likeness (QED) is 0.836. The normalized spacial score (nSPS) is 19.6. The van der Waals surface area contributed by atoms with Gasteiger partial charge < -0.3 is 14.7 Å². The first kappa shape index (κ1) is 12.9. The van der Waals surface area contributed by atoms with Crippen LogP contribution in [0.3, 0.4) is 0 Å². The lowest BCUT2D eigenvalue weighted by Gasteiger charge is -2.32. The second-order valence-corrected chi connectivity index (χ2v) is 4.46. The number of aliphatic carboxylic acids is 1. The van der Waals surface area contributed by atoms with Gasteiger partial charge in [-0.2, -0.15) is 0 Å². The van der Waals surface area contributed by atoms with Gasteiger partial charge in [-0.3, -0.25) is 4.79 Å². The minimum absolute atomic E-state index is 0.00890. The second kappa shape index (κ2) is 5.40. The van der Waals surface area contributed by atoms with Crippen molar-refractivity contribution in [3.8, 4) is 0 Å². The summed E-state index contributed by atoms with van der Waals surface area (Å²) in [6, 6.07) is -0.975. The summed E-state index contributed by atoms with van der Waals surface area (Å²) >= 11 is 3.11. The number of aromatic nitrogens is 2. The van der Waals surface area contributed by atoms with Gasteiger partial charge in [-0.15, -0.1) is 0 Å². The Balaban J connectivity index is 2.20. The zero-order valence-electron chi connectivity index (χ0n) is 9.24. The van der Waals surface area contributed by atoms with Crippen molar-refractivity contribution in [1.29, 1.82) is 0 Å². The molecule has 1 aromatic heterocycles. The molecule has 7 nitrogen and oxygen atoms in total. The highest BCUT2D eigenvalue weighted by molar-refractivity contribution is 9.10. The minimum atomic E-state index is -1.09. The molecular weight excluding hydrogens is 306 g/mol. The highest BCUT2D eigenvalue weighted by Gasteiger charge is 2.33. The summed E-state index contributed by atoms with van der Waals surface area (Å²) in [5, 5.41) is 9.03. The van der Waals surface area contributed by atoms with E-state index in [2.05, 4.69) is 25.9 Å². The molecule has 0 aliphatic carbocycles. The van der Waals surface area contributed by atoms with Gasteiger partial charge in [0.2, 0.25) is 0 Å². The van der Waals surface area contributed by atoms with Gasteiger partial charge in [0.05, 0.1) is 25.6 Å². The Morgan fingerprint density at radius 3 is 2.83 bits per heavy atom. The summed E-state index contributed by atoms with van der Waals surface area (Å²) < 4.78 is 5.57. The number of halogens is 1. The molecule has 1 fully saturated rings. The summed E-state index contributed by atoms with van der Waals surface area (Å²) in [5.41, 5.74) is 0.117. The molecule has 0 saturated carbocycles. The van der Waals surface area contributed by atoms with Gasteiger partial charge in [-0.1, -0.05) is 0 Å². The smallest absolute Gasteiger partial charge is 0.328 e. The Morgan fingerprint density at radius 1 is 1.44 bits per heavy atom. The topological polar surface area (TPSA) is 92.6 Å². The Kier molecular flexibility index (Phi) is 3.87. The van der Waals surface area contributed by atoms with Gasteiger partial charge >= 0.3 is 5.97 Å². The monoisotopic (exact) mass is 315 g/mol. The number of carboxylic acid groups (broad SMARTS) is 1. The molecule has 0 bridgehead atoms. The van der Waals surface area contributed by atoms with Crippen LogP contribution in [0.5, 0.6) is 0 Å². The molecule has 1 unspecified atom stereocenters. The standard InChI is InChI=1S/C10H10BrN3O4/c11-8-4-12-6(3-13-8)9(15)14-1-2-18-5-7(14)10(16)17/h3-4,7H,1-2,5H2,(H,16,17). The molecule has 2 heterocycles. The third-order valence-corrected chi connectivity index (χ3v) is 2.92. The molecule has 1 aromatic rings.